The van der Waals surface area contributed by atoms with Crippen LogP contribution in [0.3, 0.4) is 0 Å². The Labute approximate surface area is 113 Å². The lowest BCUT2D eigenvalue weighted by molar-refractivity contribution is -0.386. The van der Waals surface area contributed by atoms with E-state index in [4.69, 9.17) is 0 Å². The third kappa shape index (κ3) is 3.10. The summed E-state index contributed by atoms with van der Waals surface area (Å²) in [5, 5.41) is 10.8. The van der Waals surface area contributed by atoms with Gasteiger partial charge in [0.15, 0.2) is 0 Å². The maximum atomic E-state index is 11.9. The summed E-state index contributed by atoms with van der Waals surface area (Å²) in [5.74, 6) is 0.788. The molecule has 0 aliphatic rings. The predicted molar refractivity (Wildman–Crippen MR) is 72.8 cm³/mol. The van der Waals surface area contributed by atoms with Gasteiger partial charge in [-0.05, 0) is 34.5 Å². The van der Waals surface area contributed by atoms with Gasteiger partial charge in [0.1, 0.15) is 0 Å². The average Bonchev–Trinajstić information content (AvgIpc) is 2.29. The Morgan fingerprint density at radius 1 is 1.65 bits per heavy atom. The Morgan fingerprint density at radius 3 is 2.71 bits per heavy atom. The number of thiol groups is 1. The lowest BCUT2D eigenvalue weighted by Gasteiger charge is -2.12. The Balaban J connectivity index is 3.32. The van der Waals surface area contributed by atoms with Crippen molar-refractivity contribution < 1.29 is 4.92 Å². The first-order valence-corrected chi connectivity index (χ1v) is 6.45. The number of pyridine rings is 1. The van der Waals surface area contributed by atoms with Crippen molar-refractivity contribution >= 4 is 34.2 Å². The van der Waals surface area contributed by atoms with Crippen molar-refractivity contribution in [2.75, 3.05) is 5.75 Å². The standard InChI is InChI=1S/C10H13BrN2O3S/c1-6(5-17)3-12-4-8(13(15)16)7(2)9(11)10(12)14/h4,6,17H,3,5H2,1-2H3. The Morgan fingerprint density at radius 2 is 2.24 bits per heavy atom. The first-order valence-electron chi connectivity index (χ1n) is 5.03. The van der Waals surface area contributed by atoms with Crippen molar-refractivity contribution in [1.29, 1.82) is 0 Å². The summed E-state index contributed by atoms with van der Waals surface area (Å²) in [7, 11) is 0. The van der Waals surface area contributed by atoms with Crippen molar-refractivity contribution in [3.63, 3.8) is 0 Å². The van der Waals surface area contributed by atoms with Crippen molar-refractivity contribution in [2.24, 2.45) is 5.92 Å². The van der Waals surface area contributed by atoms with E-state index in [1.807, 2.05) is 6.92 Å². The lowest BCUT2D eigenvalue weighted by atomic mass is 10.2. The van der Waals surface area contributed by atoms with Crippen LogP contribution in [-0.4, -0.2) is 15.2 Å². The zero-order valence-electron chi connectivity index (χ0n) is 9.51. The lowest BCUT2D eigenvalue weighted by Crippen LogP contribution is -2.25. The molecule has 0 saturated heterocycles. The number of nitrogens with zero attached hydrogens (tertiary/aromatic N) is 2. The smallest absolute Gasteiger partial charge is 0.289 e. The topological polar surface area (TPSA) is 65.1 Å². The third-order valence-corrected chi connectivity index (χ3v) is 4.01. The molecule has 0 N–H and O–H groups in total. The van der Waals surface area contributed by atoms with Crippen molar-refractivity contribution in [3.05, 3.63) is 36.7 Å². The number of nitro groups is 1. The summed E-state index contributed by atoms with van der Waals surface area (Å²) in [5.41, 5.74) is 0.0550. The van der Waals surface area contributed by atoms with Gasteiger partial charge in [0.05, 0.1) is 15.6 Å². The molecular weight excluding hydrogens is 308 g/mol. The minimum absolute atomic E-state index is 0.0529. The predicted octanol–water partition coefficient (Wildman–Crippen LogP) is 2.39. The zero-order valence-corrected chi connectivity index (χ0v) is 12.0. The summed E-state index contributed by atoms with van der Waals surface area (Å²) in [4.78, 5) is 22.2. The van der Waals surface area contributed by atoms with E-state index in [2.05, 4.69) is 28.6 Å². The van der Waals surface area contributed by atoms with Gasteiger partial charge in [-0.25, -0.2) is 0 Å². The first kappa shape index (κ1) is 14.2. The highest BCUT2D eigenvalue weighted by atomic mass is 79.9. The first-order chi connectivity index (χ1) is 7.88. The molecule has 17 heavy (non-hydrogen) atoms. The largest absolute Gasteiger partial charge is 0.308 e. The highest BCUT2D eigenvalue weighted by molar-refractivity contribution is 9.10. The highest BCUT2D eigenvalue weighted by Gasteiger charge is 2.18. The molecule has 0 radical (unpaired) electrons. The van der Waals surface area contributed by atoms with Gasteiger partial charge in [0.2, 0.25) is 0 Å². The number of rotatable bonds is 4. The molecule has 0 bridgehead atoms. The fourth-order valence-corrected chi connectivity index (χ4v) is 1.96. The molecule has 1 unspecified atom stereocenters. The summed E-state index contributed by atoms with van der Waals surface area (Å²) in [6, 6.07) is 0. The van der Waals surface area contributed by atoms with Crippen LogP contribution in [0.4, 0.5) is 5.69 Å². The molecule has 1 rings (SSSR count). The van der Waals surface area contributed by atoms with Gasteiger partial charge in [0.25, 0.3) is 11.2 Å². The summed E-state index contributed by atoms with van der Waals surface area (Å²) in [6.07, 6.45) is 1.29. The molecule has 0 spiro atoms. The van der Waals surface area contributed by atoms with Gasteiger partial charge >= 0.3 is 0 Å². The summed E-state index contributed by atoms with van der Waals surface area (Å²) >= 11 is 7.24. The quantitative estimate of drug-likeness (QED) is 0.526. The molecular formula is C10H13BrN2O3S. The van der Waals surface area contributed by atoms with Gasteiger partial charge in [-0.3, -0.25) is 14.9 Å². The fourth-order valence-electron chi connectivity index (χ4n) is 1.42. The van der Waals surface area contributed by atoms with Crippen LogP contribution in [0.25, 0.3) is 0 Å². The summed E-state index contributed by atoms with van der Waals surface area (Å²) in [6.45, 7) is 3.90. The number of hydrogen-bond acceptors (Lipinski definition) is 4. The maximum absolute atomic E-state index is 11.9. The summed E-state index contributed by atoms with van der Waals surface area (Å²) < 4.78 is 1.61. The molecule has 1 heterocycles. The van der Waals surface area contributed by atoms with Crippen LogP contribution in [-0.2, 0) is 6.54 Å². The van der Waals surface area contributed by atoms with Crippen molar-refractivity contribution in [2.45, 2.75) is 20.4 Å². The van der Waals surface area contributed by atoms with E-state index in [1.165, 1.54) is 10.8 Å². The van der Waals surface area contributed by atoms with Crippen LogP contribution in [0.5, 0.6) is 0 Å². The van der Waals surface area contributed by atoms with Gasteiger partial charge in [-0.15, -0.1) is 0 Å². The van der Waals surface area contributed by atoms with E-state index in [0.717, 1.165) is 0 Å². The Bertz CT molecular complexity index is 501. The molecule has 0 saturated carbocycles. The molecule has 94 valence electrons. The van der Waals surface area contributed by atoms with E-state index in [9.17, 15) is 14.9 Å². The molecule has 0 aromatic carbocycles. The monoisotopic (exact) mass is 320 g/mol. The Hall–Kier alpha value is -0.820. The minimum atomic E-state index is -0.485. The van der Waals surface area contributed by atoms with Crippen LogP contribution >= 0.6 is 28.6 Å². The molecule has 1 atom stereocenters. The van der Waals surface area contributed by atoms with Crippen LogP contribution in [0.1, 0.15) is 12.5 Å². The maximum Gasteiger partial charge on any atom is 0.289 e. The van der Waals surface area contributed by atoms with Crippen LogP contribution < -0.4 is 5.56 Å². The van der Waals surface area contributed by atoms with E-state index >= 15 is 0 Å². The van der Waals surface area contributed by atoms with Crippen LogP contribution in [0, 0.1) is 23.0 Å². The highest BCUT2D eigenvalue weighted by Crippen LogP contribution is 2.22. The van der Waals surface area contributed by atoms with Gasteiger partial charge in [0, 0.05) is 12.1 Å². The number of hydrogen-bond donors (Lipinski definition) is 1. The second-order valence-electron chi connectivity index (χ2n) is 3.96. The molecule has 0 aliphatic carbocycles. The van der Waals surface area contributed by atoms with E-state index in [1.54, 1.807) is 6.92 Å². The van der Waals surface area contributed by atoms with Crippen LogP contribution in [0.2, 0.25) is 0 Å². The van der Waals surface area contributed by atoms with Crippen molar-refractivity contribution in [3.8, 4) is 0 Å². The van der Waals surface area contributed by atoms with Gasteiger partial charge < -0.3 is 4.57 Å². The zero-order chi connectivity index (χ0) is 13.2. The molecule has 0 amide bonds. The Kier molecular flexibility index (Phi) is 4.76. The molecule has 0 aliphatic heterocycles. The van der Waals surface area contributed by atoms with E-state index in [0.29, 0.717) is 17.9 Å². The minimum Gasteiger partial charge on any atom is -0.308 e. The van der Waals surface area contributed by atoms with Crippen molar-refractivity contribution in [1.82, 2.24) is 4.57 Å². The average molecular weight is 321 g/mol. The van der Waals surface area contributed by atoms with Gasteiger partial charge in [-0.1, -0.05) is 6.92 Å². The van der Waals surface area contributed by atoms with Crippen LogP contribution in [0.15, 0.2) is 15.5 Å². The second kappa shape index (κ2) is 5.68. The SMILES string of the molecule is Cc1c([N+](=O)[O-])cn(CC(C)CS)c(=O)c1Br. The molecule has 1 aromatic heterocycles. The fraction of sp³-hybridized carbons (Fsp3) is 0.500. The third-order valence-electron chi connectivity index (χ3n) is 2.46. The molecule has 7 heteroatoms. The molecule has 5 nitrogen and oxygen atoms in total. The van der Waals surface area contributed by atoms with Gasteiger partial charge in [-0.2, -0.15) is 12.6 Å². The number of aromatic nitrogens is 1. The van der Waals surface area contributed by atoms with E-state index < -0.39 is 4.92 Å². The second-order valence-corrected chi connectivity index (χ2v) is 5.11. The number of halogens is 1. The molecule has 0 fully saturated rings. The molecule has 1 aromatic rings. The normalized spacial score (nSPS) is 12.5. The van der Waals surface area contributed by atoms with E-state index in [-0.39, 0.29) is 21.6 Å².